The van der Waals surface area contributed by atoms with Gasteiger partial charge in [-0.3, -0.25) is 0 Å². The minimum Gasteiger partial charge on any atom is -0.491 e. The van der Waals surface area contributed by atoms with E-state index in [1.807, 2.05) is 0 Å². The Balaban J connectivity index is 1.57. The van der Waals surface area contributed by atoms with Crippen LogP contribution in [0.5, 0.6) is 17.2 Å². The molecule has 3 nitrogen and oxygen atoms in total. The number of benzene rings is 2. The molecule has 0 heterocycles. The van der Waals surface area contributed by atoms with Crippen molar-refractivity contribution in [2.75, 3.05) is 19.8 Å². The van der Waals surface area contributed by atoms with E-state index < -0.39 is 23.3 Å². The molecule has 0 N–H and O–H groups in total. The maximum absolute atomic E-state index is 14.4. The summed E-state index contributed by atoms with van der Waals surface area (Å²) < 4.78 is 72.3. The lowest BCUT2D eigenvalue weighted by atomic mass is 9.79. The first-order chi connectivity index (χ1) is 14.5. The van der Waals surface area contributed by atoms with E-state index >= 15 is 0 Å². The number of rotatable bonds is 8. The van der Waals surface area contributed by atoms with E-state index in [-0.39, 0.29) is 48.9 Å². The molecule has 0 aliphatic heterocycles. The van der Waals surface area contributed by atoms with E-state index in [1.54, 1.807) is 19.9 Å². The van der Waals surface area contributed by atoms with Gasteiger partial charge in [-0.05, 0) is 75.1 Å². The summed E-state index contributed by atoms with van der Waals surface area (Å²) in [4.78, 5) is 0. The molecule has 2 aromatic carbocycles. The van der Waals surface area contributed by atoms with Crippen LogP contribution in [-0.2, 0) is 0 Å². The highest BCUT2D eigenvalue weighted by Gasteiger charge is 2.27. The first kappa shape index (κ1) is 22.2. The molecule has 0 saturated heterocycles. The van der Waals surface area contributed by atoms with Crippen molar-refractivity contribution < 1.29 is 31.8 Å². The van der Waals surface area contributed by atoms with Crippen molar-refractivity contribution in [2.45, 2.75) is 45.4 Å². The van der Waals surface area contributed by atoms with Crippen molar-refractivity contribution in [3.8, 4) is 17.2 Å². The smallest absolute Gasteiger partial charge is 0.204 e. The average Bonchev–Trinajstić information content (AvgIpc) is 2.75. The van der Waals surface area contributed by atoms with Crippen LogP contribution in [0.1, 0.15) is 51.0 Å². The van der Waals surface area contributed by atoms with Crippen LogP contribution < -0.4 is 14.2 Å². The van der Waals surface area contributed by atoms with Gasteiger partial charge >= 0.3 is 0 Å². The molecular formula is C23H26F4O3. The fourth-order valence-corrected chi connectivity index (χ4v) is 3.87. The van der Waals surface area contributed by atoms with Gasteiger partial charge in [-0.15, -0.1) is 0 Å². The van der Waals surface area contributed by atoms with E-state index in [1.165, 1.54) is 18.2 Å². The van der Waals surface area contributed by atoms with Crippen LogP contribution in [-0.4, -0.2) is 19.8 Å². The summed E-state index contributed by atoms with van der Waals surface area (Å²) in [6, 6.07) is 5.75. The van der Waals surface area contributed by atoms with Crippen molar-refractivity contribution in [1.29, 1.82) is 0 Å². The molecule has 0 spiro atoms. The second kappa shape index (κ2) is 10.0. The van der Waals surface area contributed by atoms with Crippen LogP contribution in [0.2, 0.25) is 0 Å². The maximum atomic E-state index is 14.4. The maximum Gasteiger partial charge on any atom is 0.204 e. The van der Waals surface area contributed by atoms with E-state index in [0.717, 1.165) is 12.8 Å². The fraction of sp³-hybridized carbons (Fsp3) is 0.478. The van der Waals surface area contributed by atoms with Crippen molar-refractivity contribution >= 4 is 0 Å². The Morgan fingerprint density at radius 2 is 1.13 bits per heavy atom. The van der Waals surface area contributed by atoms with Gasteiger partial charge in [0.1, 0.15) is 0 Å². The molecule has 1 aliphatic carbocycles. The summed E-state index contributed by atoms with van der Waals surface area (Å²) in [6.45, 7) is 4.13. The lowest BCUT2D eigenvalue weighted by Crippen LogP contribution is -2.20. The average molecular weight is 426 g/mol. The molecular weight excluding hydrogens is 400 g/mol. The normalized spacial score (nSPS) is 18.9. The first-order valence-electron chi connectivity index (χ1n) is 10.3. The lowest BCUT2D eigenvalue weighted by molar-refractivity contribution is 0.190. The summed E-state index contributed by atoms with van der Waals surface area (Å²) >= 11 is 0. The summed E-state index contributed by atoms with van der Waals surface area (Å²) in [5, 5.41) is 0. The third-order valence-corrected chi connectivity index (χ3v) is 5.45. The topological polar surface area (TPSA) is 27.7 Å². The largest absolute Gasteiger partial charge is 0.491 e. The van der Waals surface area contributed by atoms with Gasteiger partial charge in [-0.25, -0.2) is 4.39 Å². The zero-order valence-electron chi connectivity index (χ0n) is 17.2. The fourth-order valence-electron chi connectivity index (χ4n) is 3.87. The Morgan fingerprint density at radius 3 is 1.67 bits per heavy atom. The molecule has 1 aliphatic rings. The first-order valence-corrected chi connectivity index (χ1v) is 10.3. The van der Waals surface area contributed by atoms with Crippen molar-refractivity contribution in [3.05, 3.63) is 53.1 Å². The molecule has 0 amide bonds. The van der Waals surface area contributed by atoms with Gasteiger partial charge in [0.2, 0.25) is 17.5 Å². The van der Waals surface area contributed by atoms with Gasteiger partial charge in [0.15, 0.2) is 23.1 Å². The molecule has 30 heavy (non-hydrogen) atoms. The summed E-state index contributed by atoms with van der Waals surface area (Å²) in [6.07, 6.45) is 2.77. The second-order valence-electron chi connectivity index (χ2n) is 7.37. The van der Waals surface area contributed by atoms with Gasteiger partial charge in [0.05, 0.1) is 19.8 Å². The molecule has 3 rings (SSSR count). The molecule has 0 radical (unpaired) electrons. The van der Waals surface area contributed by atoms with Crippen LogP contribution in [0, 0.1) is 29.2 Å². The molecule has 164 valence electrons. The van der Waals surface area contributed by atoms with Crippen LogP contribution in [0.25, 0.3) is 0 Å². The van der Waals surface area contributed by atoms with E-state index in [0.29, 0.717) is 18.4 Å². The Labute approximate surface area is 173 Å². The predicted octanol–water partition coefficient (Wildman–Crippen LogP) is 6.39. The Morgan fingerprint density at radius 1 is 0.667 bits per heavy atom. The molecule has 0 unspecified atom stereocenters. The van der Waals surface area contributed by atoms with E-state index in [9.17, 15) is 17.6 Å². The number of halogens is 4. The molecule has 2 aromatic rings. The van der Waals surface area contributed by atoms with Gasteiger partial charge in [0, 0.05) is 0 Å². The van der Waals surface area contributed by atoms with E-state index in [4.69, 9.17) is 14.2 Å². The predicted molar refractivity (Wildman–Crippen MR) is 105 cm³/mol. The van der Waals surface area contributed by atoms with Gasteiger partial charge in [-0.1, -0.05) is 6.07 Å². The highest BCUT2D eigenvalue weighted by atomic mass is 19.2. The summed E-state index contributed by atoms with van der Waals surface area (Å²) in [7, 11) is 0. The molecule has 0 aromatic heterocycles. The SMILES string of the molecule is CCOc1ccc(OC[C@H]2CC[C@H](c3ccc(OCC)c(F)c3F)CC2)c(F)c1F. The third-order valence-electron chi connectivity index (χ3n) is 5.45. The van der Waals surface area contributed by atoms with Crippen LogP contribution in [0.3, 0.4) is 0 Å². The minimum atomic E-state index is -1.07. The monoisotopic (exact) mass is 426 g/mol. The Bertz CT molecular complexity index is 864. The molecule has 0 atom stereocenters. The van der Waals surface area contributed by atoms with Crippen LogP contribution in [0.4, 0.5) is 17.6 Å². The number of hydrogen-bond donors (Lipinski definition) is 0. The highest BCUT2D eigenvalue weighted by molar-refractivity contribution is 5.35. The number of hydrogen-bond acceptors (Lipinski definition) is 3. The highest BCUT2D eigenvalue weighted by Crippen LogP contribution is 2.39. The molecule has 0 bridgehead atoms. The van der Waals surface area contributed by atoms with Gasteiger partial charge < -0.3 is 14.2 Å². The summed E-state index contributed by atoms with van der Waals surface area (Å²) in [5.74, 6) is -4.28. The van der Waals surface area contributed by atoms with Crippen LogP contribution in [0.15, 0.2) is 24.3 Å². The standard InChI is InChI=1S/C23H26F4O3/c1-3-28-17-10-9-16(20(24)21(17)25)15-7-5-14(6-8-15)13-30-19-12-11-18(29-4-2)22(26)23(19)27/h9-12,14-15H,3-8,13H2,1-2H3/t14-,15-. The van der Waals surface area contributed by atoms with Crippen molar-refractivity contribution in [2.24, 2.45) is 5.92 Å². The van der Waals surface area contributed by atoms with E-state index in [2.05, 4.69) is 0 Å². The molecule has 1 fully saturated rings. The third kappa shape index (κ3) is 4.82. The van der Waals surface area contributed by atoms with Gasteiger partial charge in [0.25, 0.3) is 0 Å². The zero-order valence-corrected chi connectivity index (χ0v) is 17.2. The second-order valence-corrected chi connectivity index (χ2v) is 7.37. The quantitative estimate of drug-likeness (QED) is 0.458. The number of ether oxygens (including phenoxy) is 3. The van der Waals surface area contributed by atoms with Crippen LogP contribution >= 0.6 is 0 Å². The summed E-state index contributed by atoms with van der Waals surface area (Å²) in [5.41, 5.74) is 0.356. The Hall–Kier alpha value is -2.44. The minimum absolute atomic E-state index is 0.0783. The molecule has 7 heteroatoms. The zero-order chi connectivity index (χ0) is 21.7. The lowest BCUT2D eigenvalue weighted by Gasteiger charge is -2.29. The molecule has 1 saturated carbocycles. The Kier molecular flexibility index (Phi) is 7.45. The van der Waals surface area contributed by atoms with Crippen molar-refractivity contribution in [3.63, 3.8) is 0 Å². The van der Waals surface area contributed by atoms with Crippen molar-refractivity contribution in [1.82, 2.24) is 0 Å². The van der Waals surface area contributed by atoms with Gasteiger partial charge in [-0.2, -0.15) is 13.2 Å².